The van der Waals surface area contributed by atoms with Crippen molar-refractivity contribution in [1.29, 1.82) is 0 Å². The van der Waals surface area contributed by atoms with Gasteiger partial charge in [-0.3, -0.25) is 4.79 Å². The van der Waals surface area contributed by atoms with Crippen LogP contribution in [0.1, 0.15) is 41.9 Å². The summed E-state index contributed by atoms with van der Waals surface area (Å²) in [5.74, 6) is -0.327. The Morgan fingerprint density at radius 2 is 1.52 bits per heavy atom. The summed E-state index contributed by atoms with van der Waals surface area (Å²) in [5, 5.41) is 9.43. The minimum Gasteiger partial charge on any atom is -0.494 e. The van der Waals surface area contributed by atoms with Gasteiger partial charge in [-0.1, -0.05) is 47.5 Å². The molecular formula is C20H24O3. The lowest BCUT2D eigenvalue weighted by Crippen LogP contribution is -2.12. The highest BCUT2D eigenvalue weighted by Crippen LogP contribution is 2.23. The van der Waals surface area contributed by atoms with Gasteiger partial charge in [0.1, 0.15) is 5.75 Å². The molecule has 0 bridgehead atoms. The van der Waals surface area contributed by atoms with E-state index in [1.807, 2.05) is 62.4 Å². The maximum Gasteiger partial charge on any atom is 0.310 e. The van der Waals surface area contributed by atoms with Crippen LogP contribution in [-0.2, 0) is 4.79 Å². The van der Waals surface area contributed by atoms with E-state index in [4.69, 9.17) is 4.74 Å². The normalized spacial score (nSPS) is 11.9. The Balaban J connectivity index is 1.77. The van der Waals surface area contributed by atoms with E-state index < -0.39 is 11.9 Å². The number of aliphatic carboxylic acids is 1. The number of carboxylic acid groups (broad SMARTS) is 1. The second kappa shape index (κ2) is 8.37. The Morgan fingerprint density at radius 1 is 0.957 bits per heavy atom. The molecule has 0 aromatic heterocycles. The molecular weight excluding hydrogens is 288 g/mol. The summed E-state index contributed by atoms with van der Waals surface area (Å²) in [6.07, 6.45) is 2.32. The minimum atomic E-state index is -0.756. The Morgan fingerprint density at radius 3 is 2.09 bits per heavy atom. The van der Waals surface area contributed by atoms with Crippen molar-refractivity contribution >= 4 is 5.97 Å². The molecule has 0 aliphatic carbocycles. The average Bonchev–Trinajstić information content (AvgIpc) is 2.53. The minimum absolute atomic E-state index is 0.435. The van der Waals surface area contributed by atoms with E-state index in [2.05, 4.69) is 0 Å². The second-order valence-electron chi connectivity index (χ2n) is 5.96. The Labute approximate surface area is 137 Å². The lowest BCUT2D eigenvalue weighted by molar-refractivity contribution is -0.139. The number of hydrogen-bond donors (Lipinski definition) is 1. The van der Waals surface area contributed by atoms with Crippen LogP contribution in [0.4, 0.5) is 0 Å². The molecule has 23 heavy (non-hydrogen) atoms. The average molecular weight is 312 g/mol. The molecule has 2 aromatic carbocycles. The Kier molecular flexibility index (Phi) is 6.21. The topological polar surface area (TPSA) is 46.5 Å². The van der Waals surface area contributed by atoms with Crippen molar-refractivity contribution in [3.05, 3.63) is 65.2 Å². The standard InChI is InChI=1S/C20H24O3/c1-15-6-10-17(11-7-15)19(20(21)22)5-3-4-14-23-18-12-8-16(2)9-13-18/h6-13,19H,3-5,14H2,1-2H3,(H,21,22). The predicted octanol–water partition coefficient (Wildman–Crippen LogP) is 4.72. The van der Waals surface area contributed by atoms with Crippen LogP contribution in [-0.4, -0.2) is 17.7 Å². The molecule has 2 rings (SSSR count). The maximum absolute atomic E-state index is 11.5. The fourth-order valence-corrected chi connectivity index (χ4v) is 2.51. The van der Waals surface area contributed by atoms with Crippen molar-refractivity contribution in [2.75, 3.05) is 6.61 Å². The SMILES string of the molecule is Cc1ccc(OCCCCC(C(=O)O)c2ccc(C)cc2)cc1. The molecule has 3 nitrogen and oxygen atoms in total. The molecule has 2 aromatic rings. The van der Waals surface area contributed by atoms with Gasteiger partial charge in [0.25, 0.3) is 0 Å². The first kappa shape index (κ1) is 17.1. The van der Waals surface area contributed by atoms with Gasteiger partial charge in [0.15, 0.2) is 0 Å². The number of ether oxygens (including phenoxy) is 1. The number of benzene rings is 2. The van der Waals surface area contributed by atoms with Crippen LogP contribution in [0.2, 0.25) is 0 Å². The summed E-state index contributed by atoms with van der Waals surface area (Å²) in [4.78, 5) is 11.5. The van der Waals surface area contributed by atoms with E-state index in [-0.39, 0.29) is 0 Å². The zero-order chi connectivity index (χ0) is 16.7. The van der Waals surface area contributed by atoms with Gasteiger partial charge in [-0.05, 0) is 50.8 Å². The van der Waals surface area contributed by atoms with Crippen LogP contribution >= 0.6 is 0 Å². The molecule has 122 valence electrons. The van der Waals surface area contributed by atoms with Crippen molar-refractivity contribution in [3.63, 3.8) is 0 Å². The number of hydrogen-bond acceptors (Lipinski definition) is 2. The zero-order valence-electron chi connectivity index (χ0n) is 13.8. The molecule has 0 aliphatic heterocycles. The van der Waals surface area contributed by atoms with Crippen LogP contribution in [0.5, 0.6) is 5.75 Å². The molecule has 0 saturated carbocycles. The van der Waals surface area contributed by atoms with Crippen molar-refractivity contribution in [2.24, 2.45) is 0 Å². The maximum atomic E-state index is 11.5. The Hall–Kier alpha value is -2.29. The molecule has 0 saturated heterocycles. The molecule has 0 heterocycles. The largest absolute Gasteiger partial charge is 0.494 e. The molecule has 1 N–H and O–H groups in total. The fourth-order valence-electron chi connectivity index (χ4n) is 2.51. The summed E-state index contributed by atoms with van der Waals surface area (Å²) in [6, 6.07) is 15.7. The molecule has 0 spiro atoms. The van der Waals surface area contributed by atoms with E-state index >= 15 is 0 Å². The highest BCUT2D eigenvalue weighted by atomic mass is 16.5. The van der Waals surface area contributed by atoms with E-state index in [1.165, 1.54) is 5.56 Å². The third kappa shape index (κ3) is 5.44. The van der Waals surface area contributed by atoms with Gasteiger partial charge in [-0.15, -0.1) is 0 Å². The summed E-state index contributed by atoms with van der Waals surface area (Å²) in [6.45, 7) is 4.66. The van der Waals surface area contributed by atoms with E-state index in [9.17, 15) is 9.90 Å². The Bertz CT molecular complexity index is 614. The van der Waals surface area contributed by atoms with Gasteiger partial charge >= 0.3 is 5.97 Å². The predicted molar refractivity (Wildman–Crippen MR) is 92.1 cm³/mol. The monoisotopic (exact) mass is 312 g/mol. The molecule has 0 radical (unpaired) electrons. The molecule has 1 unspecified atom stereocenters. The molecule has 3 heteroatoms. The summed E-state index contributed by atoms with van der Waals surface area (Å²) >= 11 is 0. The van der Waals surface area contributed by atoms with Crippen molar-refractivity contribution in [3.8, 4) is 5.75 Å². The quantitative estimate of drug-likeness (QED) is 0.717. The van der Waals surface area contributed by atoms with Crippen molar-refractivity contribution in [1.82, 2.24) is 0 Å². The van der Waals surface area contributed by atoms with E-state index in [0.29, 0.717) is 13.0 Å². The smallest absolute Gasteiger partial charge is 0.310 e. The third-order valence-corrected chi connectivity index (χ3v) is 3.95. The number of aryl methyl sites for hydroxylation is 2. The first-order valence-corrected chi connectivity index (χ1v) is 8.05. The van der Waals surface area contributed by atoms with Crippen LogP contribution in [0.3, 0.4) is 0 Å². The first-order valence-electron chi connectivity index (χ1n) is 8.05. The third-order valence-electron chi connectivity index (χ3n) is 3.95. The molecule has 0 amide bonds. The van der Waals surface area contributed by atoms with Gasteiger partial charge in [-0.25, -0.2) is 0 Å². The van der Waals surface area contributed by atoms with Crippen LogP contribution < -0.4 is 4.74 Å². The fraction of sp³-hybridized carbons (Fsp3) is 0.350. The van der Waals surface area contributed by atoms with Gasteiger partial charge in [-0.2, -0.15) is 0 Å². The van der Waals surface area contributed by atoms with Gasteiger partial charge in [0.05, 0.1) is 12.5 Å². The van der Waals surface area contributed by atoms with Crippen molar-refractivity contribution < 1.29 is 14.6 Å². The van der Waals surface area contributed by atoms with Crippen LogP contribution in [0, 0.1) is 13.8 Å². The van der Waals surface area contributed by atoms with E-state index in [0.717, 1.165) is 29.7 Å². The summed E-state index contributed by atoms with van der Waals surface area (Å²) < 4.78 is 5.68. The number of rotatable bonds is 8. The lowest BCUT2D eigenvalue weighted by atomic mass is 9.93. The summed E-state index contributed by atoms with van der Waals surface area (Å²) in [7, 11) is 0. The number of carboxylic acids is 1. The van der Waals surface area contributed by atoms with Crippen LogP contribution in [0.25, 0.3) is 0 Å². The highest BCUT2D eigenvalue weighted by molar-refractivity contribution is 5.76. The molecule has 0 aliphatic rings. The zero-order valence-corrected chi connectivity index (χ0v) is 13.8. The number of carbonyl (C=O) groups is 1. The van der Waals surface area contributed by atoms with Gasteiger partial charge in [0.2, 0.25) is 0 Å². The van der Waals surface area contributed by atoms with Gasteiger partial charge in [0, 0.05) is 0 Å². The first-order chi connectivity index (χ1) is 11.1. The lowest BCUT2D eigenvalue weighted by Gasteiger charge is -2.13. The molecule has 0 fully saturated rings. The molecule has 1 atom stereocenters. The number of unbranched alkanes of at least 4 members (excludes halogenated alkanes) is 1. The summed E-state index contributed by atoms with van der Waals surface area (Å²) in [5.41, 5.74) is 3.23. The van der Waals surface area contributed by atoms with Crippen LogP contribution in [0.15, 0.2) is 48.5 Å². The van der Waals surface area contributed by atoms with E-state index in [1.54, 1.807) is 0 Å². The van der Waals surface area contributed by atoms with Crippen molar-refractivity contribution in [2.45, 2.75) is 39.0 Å². The second-order valence-corrected chi connectivity index (χ2v) is 5.96. The van der Waals surface area contributed by atoms with Gasteiger partial charge < -0.3 is 9.84 Å². The highest BCUT2D eigenvalue weighted by Gasteiger charge is 2.18.